The number of hydrogen-bond donors (Lipinski definition) is 0. The molecule has 0 atom stereocenters. The van der Waals surface area contributed by atoms with Crippen LogP contribution in [0.15, 0.2) is 20.0 Å². The summed E-state index contributed by atoms with van der Waals surface area (Å²) in [6, 6.07) is 0. The number of thioether (sulfide) groups is 2. The van der Waals surface area contributed by atoms with Gasteiger partial charge in [-0.2, -0.15) is 0 Å². The van der Waals surface area contributed by atoms with Crippen molar-refractivity contribution in [2.45, 2.75) is 52.4 Å². The van der Waals surface area contributed by atoms with E-state index < -0.39 is 0 Å². The normalized spacial score (nSPS) is 23.4. The van der Waals surface area contributed by atoms with Crippen LogP contribution in [0.1, 0.15) is 52.4 Å². The fraction of sp³-hybridized carbons (Fsp3) is 0.714. The molecule has 2 heterocycles. The quantitative estimate of drug-likeness (QED) is 0.694. The summed E-state index contributed by atoms with van der Waals surface area (Å²) in [5.74, 6) is 2.17. The Hall–Kier alpha value is -0.220. The van der Waals surface area contributed by atoms with Crippen LogP contribution in [0.2, 0.25) is 0 Å². The molecule has 4 heteroatoms. The summed E-state index contributed by atoms with van der Waals surface area (Å²) in [4.78, 5) is 9.51. The molecule has 2 aliphatic heterocycles. The number of hydrogen-bond acceptors (Lipinski definition) is 4. The molecule has 0 amide bonds. The molecule has 2 rings (SSSR count). The number of rotatable bonds is 6. The van der Waals surface area contributed by atoms with Crippen LogP contribution < -0.4 is 0 Å². The van der Waals surface area contributed by atoms with Gasteiger partial charge in [-0.25, -0.2) is 9.98 Å². The summed E-state index contributed by atoms with van der Waals surface area (Å²) < 4.78 is 0. The Kier molecular flexibility index (Phi) is 5.83. The van der Waals surface area contributed by atoms with Crippen LogP contribution in [0.5, 0.6) is 0 Å². The van der Waals surface area contributed by atoms with Gasteiger partial charge in [-0.15, -0.1) is 0 Å². The van der Waals surface area contributed by atoms with Gasteiger partial charge < -0.3 is 0 Å². The van der Waals surface area contributed by atoms with E-state index >= 15 is 0 Å². The zero-order chi connectivity index (χ0) is 12.8. The minimum absolute atomic E-state index is 1.08. The van der Waals surface area contributed by atoms with Crippen LogP contribution in [-0.4, -0.2) is 22.9 Å². The smallest absolute Gasteiger partial charge is 0.129 e. The third-order valence-corrected chi connectivity index (χ3v) is 5.29. The largest absolute Gasteiger partial charge is 0.247 e. The number of unbranched alkanes of at least 4 members (excludes halogenated alkanes) is 2. The van der Waals surface area contributed by atoms with Crippen LogP contribution in [0, 0.1) is 0 Å². The summed E-state index contributed by atoms with van der Waals surface area (Å²) in [6.45, 7) is 4.47. The first-order valence-corrected chi connectivity index (χ1v) is 8.93. The molecule has 100 valence electrons. The second-order valence-corrected chi connectivity index (χ2v) is 6.68. The van der Waals surface area contributed by atoms with Crippen LogP contribution in [0.25, 0.3) is 0 Å². The Morgan fingerprint density at radius 1 is 0.833 bits per heavy atom. The van der Waals surface area contributed by atoms with E-state index in [1.165, 1.54) is 47.2 Å². The molecule has 0 aliphatic carbocycles. The molecule has 18 heavy (non-hydrogen) atoms. The van der Waals surface area contributed by atoms with Gasteiger partial charge in [0.25, 0.3) is 0 Å². The summed E-state index contributed by atoms with van der Waals surface area (Å²) >= 11 is 3.74. The van der Waals surface area contributed by atoms with Crippen LogP contribution in [-0.2, 0) is 0 Å². The second-order valence-electron chi connectivity index (χ2n) is 4.75. The fourth-order valence-electron chi connectivity index (χ4n) is 1.96. The lowest BCUT2D eigenvalue weighted by atomic mass is 10.2. The van der Waals surface area contributed by atoms with Crippen molar-refractivity contribution in [3.63, 3.8) is 0 Å². The van der Waals surface area contributed by atoms with Gasteiger partial charge in [-0.05, 0) is 25.7 Å². The average molecular weight is 282 g/mol. The molecule has 2 nitrogen and oxygen atoms in total. The summed E-state index contributed by atoms with van der Waals surface area (Å²) in [5.41, 5.74) is 2.73. The molecular weight excluding hydrogens is 260 g/mol. The van der Waals surface area contributed by atoms with E-state index in [9.17, 15) is 0 Å². The summed E-state index contributed by atoms with van der Waals surface area (Å²) in [7, 11) is 0. The van der Waals surface area contributed by atoms with Crippen molar-refractivity contribution in [1.82, 2.24) is 0 Å². The van der Waals surface area contributed by atoms with Crippen LogP contribution in [0.3, 0.4) is 0 Å². The highest BCUT2D eigenvalue weighted by molar-refractivity contribution is 8.07. The Morgan fingerprint density at radius 2 is 1.28 bits per heavy atom. The van der Waals surface area contributed by atoms with E-state index in [1.807, 2.05) is 23.5 Å². The van der Waals surface area contributed by atoms with E-state index in [1.54, 1.807) is 0 Å². The van der Waals surface area contributed by atoms with Crippen molar-refractivity contribution in [1.29, 1.82) is 0 Å². The molecule has 0 radical (unpaired) electrons. The van der Waals surface area contributed by atoms with Gasteiger partial charge in [0.15, 0.2) is 0 Å². The first-order valence-electron chi connectivity index (χ1n) is 6.96. The van der Waals surface area contributed by atoms with Crippen molar-refractivity contribution in [3.05, 3.63) is 10.1 Å². The Morgan fingerprint density at radius 3 is 1.67 bits per heavy atom. The van der Waals surface area contributed by atoms with E-state index in [0.29, 0.717) is 0 Å². The van der Waals surface area contributed by atoms with Crippen molar-refractivity contribution in [3.8, 4) is 0 Å². The molecule has 0 unspecified atom stereocenters. The van der Waals surface area contributed by atoms with Crippen molar-refractivity contribution < 1.29 is 0 Å². The molecular formula is C14H22N2S2. The van der Waals surface area contributed by atoms with Crippen LogP contribution in [0.4, 0.5) is 0 Å². The predicted octanol–water partition coefficient (Wildman–Crippen LogP) is 4.87. The Labute approximate surface area is 119 Å². The van der Waals surface area contributed by atoms with Gasteiger partial charge in [0.05, 0.1) is 0 Å². The lowest BCUT2D eigenvalue weighted by Gasteiger charge is -1.94. The van der Waals surface area contributed by atoms with Gasteiger partial charge in [-0.3, -0.25) is 0 Å². The molecule has 0 N–H and O–H groups in total. The first-order chi connectivity index (χ1) is 8.83. The lowest BCUT2D eigenvalue weighted by molar-refractivity contribution is 0.833. The van der Waals surface area contributed by atoms with E-state index in [2.05, 4.69) is 13.8 Å². The van der Waals surface area contributed by atoms with Gasteiger partial charge >= 0.3 is 0 Å². The molecule has 0 aromatic heterocycles. The van der Waals surface area contributed by atoms with Gasteiger partial charge in [-0.1, -0.05) is 50.2 Å². The van der Waals surface area contributed by atoms with Crippen molar-refractivity contribution in [2.75, 3.05) is 11.5 Å². The highest BCUT2D eigenvalue weighted by atomic mass is 32.2. The Bertz CT molecular complexity index is 347. The maximum Gasteiger partial charge on any atom is 0.129 e. The van der Waals surface area contributed by atoms with E-state index in [-0.39, 0.29) is 0 Å². The third-order valence-electron chi connectivity index (χ3n) is 3.09. The minimum atomic E-state index is 1.08. The first kappa shape index (κ1) is 14.2. The average Bonchev–Trinajstić information content (AvgIpc) is 3.02. The Balaban J connectivity index is 1.96. The molecule has 0 fully saturated rings. The molecule has 0 aromatic rings. The summed E-state index contributed by atoms with van der Waals surface area (Å²) in [5, 5.41) is 2.36. The third kappa shape index (κ3) is 3.89. The van der Waals surface area contributed by atoms with E-state index in [0.717, 1.165) is 24.3 Å². The lowest BCUT2D eigenvalue weighted by Crippen LogP contribution is -1.95. The molecule has 0 spiro atoms. The fourth-order valence-corrected chi connectivity index (χ4v) is 4.06. The molecule has 0 saturated heterocycles. The van der Waals surface area contributed by atoms with Gasteiger partial charge in [0, 0.05) is 22.9 Å². The topological polar surface area (TPSA) is 24.7 Å². The monoisotopic (exact) mass is 282 g/mol. The van der Waals surface area contributed by atoms with Crippen molar-refractivity contribution >= 4 is 34.9 Å². The predicted molar refractivity (Wildman–Crippen MR) is 85.9 cm³/mol. The van der Waals surface area contributed by atoms with Gasteiger partial charge in [0.2, 0.25) is 0 Å². The number of nitrogens with zero attached hydrogens (tertiary/aromatic N) is 2. The zero-order valence-corrected chi connectivity index (χ0v) is 13.0. The number of aliphatic imine (C=N–C) groups is 2. The van der Waals surface area contributed by atoms with E-state index in [4.69, 9.17) is 9.98 Å². The maximum atomic E-state index is 4.75. The van der Waals surface area contributed by atoms with Gasteiger partial charge in [0.1, 0.15) is 10.1 Å². The SMILES string of the molecule is CCCCC1=NC(=C2N=C(CCCC)CS2)SC1. The second kappa shape index (κ2) is 7.39. The molecule has 0 aromatic carbocycles. The van der Waals surface area contributed by atoms with Crippen molar-refractivity contribution in [2.24, 2.45) is 9.98 Å². The summed E-state index contributed by atoms with van der Waals surface area (Å²) in [6.07, 6.45) is 7.36. The zero-order valence-electron chi connectivity index (χ0n) is 11.4. The minimum Gasteiger partial charge on any atom is -0.247 e. The maximum absolute atomic E-state index is 4.75. The standard InChI is InChI=1S/C14H22N2S2/c1-3-5-7-11-9-17-13(15-11)14-16-12(10-18-14)8-6-4-2/h3-10H2,1-2H3. The molecule has 2 aliphatic rings. The highest BCUT2D eigenvalue weighted by Crippen LogP contribution is 2.38. The van der Waals surface area contributed by atoms with Crippen LogP contribution >= 0.6 is 23.5 Å². The molecule has 0 bridgehead atoms. The highest BCUT2D eigenvalue weighted by Gasteiger charge is 2.20. The molecule has 0 saturated carbocycles.